The SMILES string of the molecule is CC(=O)O.CC(=O)O.CC12CC3(C)OC(C)(CC(C)(O1)P3)O2.CC12CC3(C)OC(C)(CC(C)(O1)P3c1ccccc1-c1ccccc1)O2.Ic1ccccc1-c1ccccc1.O=[P+]([O-])O[O-].[K+].[K][K].[Pd]. The third kappa shape index (κ3) is 19.5. The molecule has 0 saturated carbocycles. The van der Waals surface area contributed by atoms with Crippen molar-refractivity contribution in [2.45, 2.75) is 139 Å². The normalized spacial score (nSPS) is 33.2. The van der Waals surface area contributed by atoms with Crippen LogP contribution in [0.3, 0.4) is 0 Å². The summed E-state index contributed by atoms with van der Waals surface area (Å²) in [7, 11) is -3.14. The number of halogens is 1. The zero-order valence-corrected chi connectivity index (χ0v) is 58.0. The fourth-order valence-corrected chi connectivity index (χ4v) is 17.9. The monoisotopic (exact) mass is 1300 g/mol. The van der Waals surface area contributed by atoms with Crippen molar-refractivity contribution in [3.8, 4) is 22.3 Å². The summed E-state index contributed by atoms with van der Waals surface area (Å²) in [6.45, 7) is 19.3. The van der Waals surface area contributed by atoms with E-state index in [0.717, 1.165) is 39.5 Å². The van der Waals surface area contributed by atoms with E-state index in [0.29, 0.717) is 8.58 Å². The molecule has 8 aliphatic rings. The molecule has 2 N–H and O–H groups in total. The van der Waals surface area contributed by atoms with E-state index in [1.54, 1.807) is 0 Å². The number of carboxylic acids is 2. The maximum atomic E-state index is 9.00. The molecule has 0 spiro atoms. The molecule has 8 fully saturated rings. The van der Waals surface area contributed by atoms with E-state index in [9.17, 15) is 0 Å². The summed E-state index contributed by atoms with van der Waals surface area (Å²) in [5, 5.41) is 24.1. The minimum atomic E-state index is -3.15. The number of benzene rings is 4. The van der Waals surface area contributed by atoms with Crippen molar-refractivity contribution in [3.63, 3.8) is 0 Å². The van der Waals surface area contributed by atoms with Crippen LogP contribution in [0.5, 0.6) is 0 Å². The Morgan fingerprint density at radius 3 is 1.29 bits per heavy atom. The molecule has 70 heavy (non-hydrogen) atoms. The molecule has 12 rings (SSSR count). The Labute approximate surface area is 531 Å². The largest absolute Gasteiger partial charge is 0 e. The molecule has 0 amide bonds. The average Bonchev–Trinajstić information content (AvgIpc) is 3.19. The summed E-state index contributed by atoms with van der Waals surface area (Å²) in [4.78, 5) is 26.9. The second kappa shape index (κ2) is 29.3. The molecule has 8 aliphatic heterocycles. The Morgan fingerprint density at radius 2 is 0.929 bits per heavy atom. The van der Waals surface area contributed by atoms with E-state index >= 15 is 0 Å². The molecule has 9 unspecified atom stereocenters. The number of hydrogen-bond donors (Lipinski definition) is 2. The van der Waals surface area contributed by atoms with Crippen LogP contribution >= 0.6 is 47.3 Å². The average molecular weight is 1300 g/mol. The second-order valence-corrected chi connectivity index (χ2v) is 25.4. The number of aliphatic carboxylic acids is 2. The first-order chi connectivity index (χ1) is 31.6. The summed E-state index contributed by atoms with van der Waals surface area (Å²) in [6.07, 6.45) is 3.23. The van der Waals surface area contributed by atoms with Crippen molar-refractivity contribution in [2.75, 3.05) is 0 Å². The summed E-state index contributed by atoms with van der Waals surface area (Å²) in [5.41, 5.74) is 5.13. The molecule has 9 atom stereocenters. The van der Waals surface area contributed by atoms with E-state index in [-0.39, 0.29) is 93.2 Å². The van der Waals surface area contributed by atoms with Gasteiger partial charge in [0.1, 0.15) is 0 Å². The van der Waals surface area contributed by atoms with Crippen LogP contribution in [-0.4, -0.2) is 130 Å². The zero-order chi connectivity index (χ0) is 51.0. The zero-order valence-electron chi connectivity index (χ0n) is 42.1. The Balaban J connectivity index is 0.000000327. The van der Waals surface area contributed by atoms with Crippen molar-refractivity contribution in [1.82, 2.24) is 0 Å². The minimum absolute atomic E-state index is 0. The fourth-order valence-electron chi connectivity index (χ4n) is 10.5. The molecule has 8 heterocycles. The summed E-state index contributed by atoms with van der Waals surface area (Å²) >= 11 is 4.86. The summed E-state index contributed by atoms with van der Waals surface area (Å²) < 4.78 is 50.0. The van der Waals surface area contributed by atoms with Gasteiger partial charge in [-0.2, -0.15) is 0 Å². The molecule has 22 heteroatoms. The third-order valence-corrected chi connectivity index (χ3v) is 16.9. The Kier molecular flexibility index (Phi) is 28.8. The van der Waals surface area contributed by atoms with Crippen LogP contribution in [0.15, 0.2) is 109 Å². The van der Waals surface area contributed by atoms with Gasteiger partial charge in [-0.05, 0) is 124 Å². The van der Waals surface area contributed by atoms with Crippen LogP contribution in [0.2, 0.25) is 0 Å². The molecular formula is C48H59IK3O14P3Pd. The topological polar surface area (TPSA) is 202 Å². The van der Waals surface area contributed by atoms with Crippen LogP contribution in [-0.2, 0) is 67.7 Å². The smallest absolute Gasteiger partial charge is 0 e. The third-order valence-electron chi connectivity index (χ3n) is 11.0. The fraction of sp³-hybridized carbons (Fsp3) is 0.458. The van der Waals surface area contributed by atoms with Gasteiger partial charge in [0.2, 0.25) is 0 Å². The van der Waals surface area contributed by atoms with E-state index in [4.69, 9.17) is 62.9 Å². The van der Waals surface area contributed by atoms with Gasteiger partial charge in [-0.15, -0.1) is 0 Å². The first kappa shape index (κ1) is 68.8. The second-order valence-electron chi connectivity index (χ2n) is 18.2. The standard InChI is InChI=1S/C22H25O3P.C12H9I.C10H17O3P.2C2H4O2.3K.HO4P.Pd/c1-19-14-21(3)25-20(2,23-19)15-22(4,24-19)26(21)18-13-9-8-12-17(18)16-10-6-5-7-11-16;13-12-9-5-4-8-11(12)10-6-2-1-3-7-10;1-7-5-9(3)13-8(2,11-7)6-10(4,12-7)14-9;2*1-2(3)4;;;;1-4-5(2)3;/h5-13H,14-15H2,1-4H3;1-9H;14H,5-6H2,1-4H3;2*1H3,(H,3,4);;;;1H;/q;;;;;;;+1;;/p-1. The molecular weight excluding hydrogens is 1240 g/mol. The van der Waals surface area contributed by atoms with Gasteiger partial charge in [0, 0.05) is 63.5 Å². The van der Waals surface area contributed by atoms with Gasteiger partial charge in [0.05, 0.1) is 21.4 Å². The van der Waals surface area contributed by atoms with Gasteiger partial charge in [0.15, 0.2) is 23.1 Å². The number of rotatable bonds is 4. The van der Waals surface area contributed by atoms with Gasteiger partial charge in [-0.25, -0.2) is 4.67 Å². The molecule has 8 saturated heterocycles. The van der Waals surface area contributed by atoms with Crippen LogP contribution in [0.1, 0.15) is 94.9 Å². The van der Waals surface area contributed by atoms with E-state index in [1.807, 2.05) is 19.9 Å². The Bertz CT molecular complexity index is 2200. The number of hydrogen-bond acceptors (Lipinski definition) is 12. The molecule has 8 bridgehead atoms. The maximum Gasteiger partial charge on any atom is 0 e. The van der Waals surface area contributed by atoms with Crippen molar-refractivity contribution in [3.05, 3.63) is 113 Å². The van der Waals surface area contributed by atoms with E-state index < -0.39 is 51.3 Å². The maximum absolute atomic E-state index is 9.00. The first-order valence-corrected chi connectivity index (χ1v) is 42.7. The summed E-state index contributed by atoms with van der Waals surface area (Å²) in [6, 6.07) is 38.3. The van der Waals surface area contributed by atoms with Gasteiger partial charge >= 0.3 is 123 Å². The molecule has 370 valence electrons. The number of ether oxygens (including phenoxy) is 6. The Morgan fingerprint density at radius 1 is 0.614 bits per heavy atom. The minimum Gasteiger partial charge on any atom is 0 e. The van der Waals surface area contributed by atoms with Crippen LogP contribution < -0.4 is 66.8 Å². The molecule has 0 aromatic heterocycles. The van der Waals surface area contributed by atoms with Crippen LogP contribution in [0.4, 0.5) is 0 Å². The van der Waals surface area contributed by atoms with E-state index in [2.05, 4.69) is 172 Å². The first-order valence-electron chi connectivity index (χ1n) is 22.2. The van der Waals surface area contributed by atoms with Crippen molar-refractivity contribution in [2.24, 2.45) is 0 Å². The molecule has 4 aromatic carbocycles. The summed E-state index contributed by atoms with van der Waals surface area (Å²) in [5.74, 6) is -3.65. The van der Waals surface area contributed by atoms with Crippen LogP contribution in [0.25, 0.3) is 22.3 Å². The van der Waals surface area contributed by atoms with Gasteiger partial charge in [-0.3, -0.25) is 9.59 Å². The van der Waals surface area contributed by atoms with Gasteiger partial charge in [-0.1, -0.05) is 112 Å². The molecule has 0 radical (unpaired) electrons. The predicted octanol–water partition coefficient (Wildman–Crippen LogP) is 6.27. The van der Waals surface area contributed by atoms with Crippen molar-refractivity contribution < 1.29 is 139 Å². The van der Waals surface area contributed by atoms with Crippen molar-refractivity contribution in [1.29, 1.82) is 0 Å². The predicted molar refractivity (Wildman–Crippen MR) is 270 cm³/mol. The quantitative estimate of drug-likeness (QED) is 0.0761. The molecule has 14 nitrogen and oxygen atoms in total. The molecule has 0 aliphatic carbocycles. The molecule has 4 aromatic rings. The Hall–Kier alpha value is 2.72. The number of carbonyl (C=O) groups is 2. The van der Waals surface area contributed by atoms with Crippen molar-refractivity contribution >= 4 is 128 Å². The van der Waals surface area contributed by atoms with Gasteiger partial charge in [0.25, 0.3) is 11.9 Å². The van der Waals surface area contributed by atoms with E-state index in [1.165, 1.54) is 94.3 Å². The van der Waals surface area contributed by atoms with Gasteiger partial charge < -0.3 is 48.8 Å². The van der Waals surface area contributed by atoms with Crippen LogP contribution in [0, 0.1) is 3.57 Å². The number of carboxylic acid groups (broad SMARTS) is 2.